The molecule has 5 rings (SSSR count). The van der Waals surface area contributed by atoms with Crippen molar-refractivity contribution in [3.8, 4) is 5.75 Å². The van der Waals surface area contributed by atoms with Crippen molar-refractivity contribution in [3.05, 3.63) is 76.2 Å². The largest absolute Gasteiger partial charge is 0.506 e. The number of imidazole rings is 1. The van der Waals surface area contributed by atoms with Crippen LogP contribution in [0.15, 0.2) is 58.2 Å². The minimum absolute atomic E-state index is 0.190. The summed E-state index contributed by atoms with van der Waals surface area (Å²) in [7, 11) is -1.51. The Morgan fingerprint density at radius 3 is 2.74 bits per heavy atom. The van der Waals surface area contributed by atoms with E-state index < -0.39 is 16.6 Å². The molecule has 5 nitrogen and oxygen atoms in total. The summed E-state index contributed by atoms with van der Waals surface area (Å²) in [4.78, 5) is 4.49. The molecule has 0 radical (unpaired) electrons. The molecule has 1 saturated carbocycles. The zero-order valence-corrected chi connectivity index (χ0v) is 19.3. The van der Waals surface area contributed by atoms with E-state index in [2.05, 4.69) is 25.5 Å². The number of benzene rings is 2. The van der Waals surface area contributed by atoms with Gasteiger partial charge in [-0.05, 0) is 60.0 Å². The second kappa shape index (κ2) is 7.91. The third-order valence-electron chi connectivity index (χ3n) is 5.78. The first-order valence-electron chi connectivity index (χ1n) is 10.1. The fourth-order valence-electron chi connectivity index (χ4n) is 4.06. The number of phenols is 1. The lowest BCUT2D eigenvalue weighted by Gasteiger charge is -2.13. The number of aryl methyl sites for hydroxylation is 1. The van der Waals surface area contributed by atoms with Crippen LogP contribution in [0.2, 0.25) is 0 Å². The minimum Gasteiger partial charge on any atom is -0.506 e. The van der Waals surface area contributed by atoms with E-state index in [1.807, 2.05) is 29.8 Å². The van der Waals surface area contributed by atoms with E-state index in [4.69, 9.17) is 0 Å². The Hall–Kier alpha value is -2.45. The maximum atomic E-state index is 14.2. The second-order valence-electron chi connectivity index (χ2n) is 7.88. The zero-order chi connectivity index (χ0) is 21.7. The topological polar surface area (TPSA) is 60.0 Å². The Labute approximate surface area is 190 Å². The van der Waals surface area contributed by atoms with Crippen LogP contribution in [0.1, 0.15) is 36.0 Å². The van der Waals surface area contributed by atoms with Gasteiger partial charge in [0.15, 0.2) is 0 Å². The SMILES string of the molecule is Cc1nccn1Cc1c(O)c(Br)cc2c1cc(CS(=O)c1ccccc1F)n2C1CC1. The fraction of sp³-hybridized carbons (Fsp3) is 0.261. The van der Waals surface area contributed by atoms with Crippen LogP contribution < -0.4 is 0 Å². The molecule has 31 heavy (non-hydrogen) atoms. The lowest BCUT2D eigenvalue weighted by Crippen LogP contribution is -2.06. The summed E-state index contributed by atoms with van der Waals surface area (Å²) in [6, 6.07) is 10.5. The molecule has 160 valence electrons. The van der Waals surface area contributed by atoms with E-state index in [1.54, 1.807) is 24.4 Å². The van der Waals surface area contributed by atoms with Crippen molar-refractivity contribution < 1.29 is 13.7 Å². The third-order valence-corrected chi connectivity index (χ3v) is 7.77. The zero-order valence-electron chi connectivity index (χ0n) is 16.9. The van der Waals surface area contributed by atoms with E-state index in [-0.39, 0.29) is 16.4 Å². The monoisotopic (exact) mass is 501 g/mol. The molecule has 0 aliphatic heterocycles. The molecule has 2 aromatic heterocycles. The molecule has 1 N–H and O–H groups in total. The molecule has 2 aromatic carbocycles. The van der Waals surface area contributed by atoms with Crippen LogP contribution in [0.25, 0.3) is 10.9 Å². The summed E-state index contributed by atoms with van der Waals surface area (Å²) in [5.74, 6) is 0.811. The Morgan fingerprint density at radius 1 is 1.29 bits per heavy atom. The summed E-state index contributed by atoms with van der Waals surface area (Å²) >= 11 is 3.50. The van der Waals surface area contributed by atoms with Gasteiger partial charge in [-0.3, -0.25) is 4.21 Å². The summed E-state index contributed by atoms with van der Waals surface area (Å²) in [5.41, 5.74) is 2.66. The minimum atomic E-state index is -1.51. The molecule has 1 fully saturated rings. The van der Waals surface area contributed by atoms with Gasteiger partial charge in [0, 0.05) is 35.1 Å². The molecule has 4 aromatic rings. The Bertz CT molecular complexity index is 1330. The normalized spacial score (nSPS) is 14.9. The maximum absolute atomic E-state index is 14.2. The highest BCUT2D eigenvalue weighted by Gasteiger charge is 2.30. The molecule has 1 aliphatic carbocycles. The highest BCUT2D eigenvalue weighted by Crippen LogP contribution is 2.44. The van der Waals surface area contributed by atoms with Crippen LogP contribution in [0.3, 0.4) is 0 Å². The molecular formula is C23H21BrFN3O2S. The Balaban J connectivity index is 1.63. The van der Waals surface area contributed by atoms with Gasteiger partial charge in [0.1, 0.15) is 17.4 Å². The highest BCUT2D eigenvalue weighted by molar-refractivity contribution is 9.10. The van der Waals surface area contributed by atoms with Crippen LogP contribution in [-0.4, -0.2) is 23.4 Å². The third kappa shape index (κ3) is 3.72. The molecule has 0 bridgehead atoms. The average molecular weight is 502 g/mol. The Morgan fingerprint density at radius 2 is 2.06 bits per heavy atom. The van der Waals surface area contributed by atoms with Gasteiger partial charge in [0.2, 0.25) is 0 Å². The first-order chi connectivity index (χ1) is 14.9. The number of hydrogen-bond donors (Lipinski definition) is 1. The number of hydrogen-bond acceptors (Lipinski definition) is 3. The van der Waals surface area contributed by atoms with E-state index in [0.29, 0.717) is 17.1 Å². The first-order valence-corrected chi connectivity index (χ1v) is 12.2. The van der Waals surface area contributed by atoms with Crippen molar-refractivity contribution >= 4 is 37.6 Å². The number of nitrogens with zero attached hydrogens (tertiary/aromatic N) is 3. The lowest BCUT2D eigenvalue weighted by molar-refractivity contribution is 0.463. The van der Waals surface area contributed by atoms with Crippen molar-refractivity contribution in [3.63, 3.8) is 0 Å². The van der Waals surface area contributed by atoms with E-state index in [0.717, 1.165) is 40.8 Å². The van der Waals surface area contributed by atoms with Crippen LogP contribution >= 0.6 is 15.9 Å². The van der Waals surface area contributed by atoms with Gasteiger partial charge in [-0.1, -0.05) is 12.1 Å². The smallest absolute Gasteiger partial charge is 0.139 e. The van der Waals surface area contributed by atoms with E-state index >= 15 is 0 Å². The molecule has 0 amide bonds. The van der Waals surface area contributed by atoms with Gasteiger partial charge in [0.25, 0.3) is 0 Å². The molecule has 0 saturated heterocycles. The number of aromatic hydroxyl groups is 1. The quantitative estimate of drug-likeness (QED) is 0.382. The number of phenolic OH excluding ortho intramolecular Hbond substituents is 1. The van der Waals surface area contributed by atoms with Crippen LogP contribution in [0.4, 0.5) is 4.39 Å². The van der Waals surface area contributed by atoms with Crippen molar-refractivity contribution in [1.82, 2.24) is 14.1 Å². The molecule has 1 atom stereocenters. The lowest BCUT2D eigenvalue weighted by atomic mass is 10.1. The van der Waals surface area contributed by atoms with Crippen LogP contribution in [0, 0.1) is 12.7 Å². The van der Waals surface area contributed by atoms with Crippen molar-refractivity contribution in [2.45, 2.75) is 43.0 Å². The molecule has 2 heterocycles. The van der Waals surface area contributed by atoms with Crippen molar-refractivity contribution in [1.29, 1.82) is 0 Å². The fourth-order valence-corrected chi connectivity index (χ4v) is 5.68. The predicted molar refractivity (Wildman–Crippen MR) is 122 cm³/mol. The molecular weight excluding hydrogens is 481 g/mol. The van der Waals surface area contributed by atoms with Crippen LogP contribution in [0.5, 0.6) is 5.75 Å². The maximum Gasteiger partial charge on any atom is 0.139 e. The van der Waals surface area contributed by atoms with Gasteiger partial charge < -0.3 is 14.2 Å². The first kappa shape index (κ1) is 20.5. The van der Waals surface area contributed by atoms with E-state index in [9.17, 15) is 13.7 Å². The Kier molecular flexibility index (Phi) is 5.22. The number of aromatic nitrogens is 3. The average Bonchev–Trinajstić information content (AvgIpc) is 3.41. The predicted octanol–water partition coefficient (Wildman–Crippen LogP) is 5.44. The molecule has 0 spiro atoms. The summed E-state index contributed by atoms with van der Waals surface area (Å²) in [6.07, 6.45) is 5.72. The molecule has 8 heteroatoms. The number of halogens is 2. The number of fused-ring (bicyclic) bond motifs is 1. The number of rotatable bonds is 6. The van der Waals surface area contributed by atoms with Crippen molar-refractivity contribution in [2.75, 3.05) is 0 Å². The van der Waals surface area contributed by atoms with Crippen LogP contribution in [-0.2, 0) is 23.1 Å². The summed E-state index contributed by atoms with van der Waals surface area (Å²) in [6.45, 7) is 2.39. The van der Waals surface area contributed by atoms with Gasteiger partial charge in [-0.15, -0.1) is 0 Å². The summed E-state index contributed by atoms with van der Waals surface area (Å²) in [5, 5.41) is 11.8. The van der Waals surface area contributed by atoms with Gasteiger partial charge in [0.05, 0.1) is 38.0 Å². The second-order valence-corrected chi connectivity index (χ2v) is 10.2. The highest BCUT2D eigenvalue weighted by atomic mass is 79.9. The van der Waals surface area contributed by atoms with Crippen molar-refractivity contribution in [2.24, 2.45) is 0 Å². The van der Waals surface area contributed by atoms with Gasteiger partial charge >= 0.3 is 0 Å². The van der Waals surface area contributed by atoms with E-state index in [1.165, 1.54) is 6.07 Å². The molecule has 1 aliphatic rings. The standard InChI is InChI=1S/C23H21BrFN3O2S/c1-14-26-8-9-27(14)12-18-17-10-16(13-31(30)22-5-3-2-4-20(22)25)28(15-6-7-15)21(17)11-19(24)23(18)29/h2-5,8-11,15,29H,6-7,12-13H2,1H3. The summed E-state index contributed by atoms with van der Waals surface area (Å²) < 4.78 is 32.0. The molecule has 1 unspecified atom stereocenters. The van der Waals surface area contributed by atoms with Gasteiger partial charge in [-0.2, -0.15) is 0 Å². The van der Waals surface area contributed by atoms with Gasteiger partial charge in [-0.25, -0.2) is 9.37 Å².